The Bertz CT molecular complexity index is 928. The molecule has 0 saturated carbocycles. The van der Waals surface area contributed by atoms with Crippen molar-refractivity contribution in [3.05, 3.63) is 60.3 Å². The molecule has 1 saturated heterocycles. The Kier molecular flexibility index (Phi) is 7.82. The first-order valence-corrected chi connectivity index (χ1v) is 9.64. The molecule has 0 radical (unpaired) electrons. The minimum Gasteiger partial charge on any atom is -0.493 e. The molecule has 1 aromatic heterocycles. The van der Waals surface area contributed by atoms with Gasteiger partial charge in [0.05, 0.1) is 33.1 Å². The highest BCUT2D eigenvalue weighted by molar-refractivity contribution is 6.03. The molecule has 8 heteroatoms. The van der Waals surface area contributed by atoms with Gasteiger partial charge < -0.3 is 24.8 Å². The number of aromatic amines is 1. The Labute approximate surface area is 175 Å². The van der Waals surface area contributed by atoms with Crippen molar-refractivity contribution in [1.29, 1.82) is 0 Å². The molecule has 3 N–H and O–H groups in total. The van der Waals surface area contributed by atoms with Crippen molar-refractivity contribution in [2.24, 2.45) is 0 Å². The molecule has 30 heavy (non-hydrogen) atoms. The van der Waals surface area contributed by atoms with E-state index in [0.717, 1.165) is 37.6 Å². The second kappa shape index (κ2) is 11.0. The number of aromatic nitrogens is 2. The topological polar surface area (TPSA) is 97.5 Å². The van der Waals surface area contributed by atoms with Crippen molar-refractivity contribution in [2.75, 3.05) is 45.8 Å². The monoisotopic (exact) mass is 410 g/mol. The second-order valence-electron chi connectivity index (χ2n) is 6.42. The second-order valence-corrected chi connectivity index (χ2v) is 6.42. The standard InChI is InChI=1S/C18H17N3O3.C4H9NO/c1-23-16-9-8-12(10-17(16)24-2)14-11-15(21-20-14)18(22)19-13-6-4-3-5-7-13;1-3-6-4-2-5-1/h3-11H,1-2H3,(H,19,22)(H,20,21);5H,1-4H2. The fourth-order valence-electron chi connectivity index (χ4n) is 2.82. The summed E-state index contributed by atoms with van der Waals surface area (Å²) in [5.74, 6) is 0.993. The number of nitrogens with zero attached hydrogens (tertiary/aromatic N) is 1. The predicted molar refractivity (Wildman–Crippen MR) is 115 cm³/mol. The summed E-state index contributed by atoms with van der Waals surface area (Å²) in [6.07, 6.45) is 0. The molecule has 158 valence electrons. The van der Waals surface area contributed by atoms with Crippen LogP contribution in [0.15, 0.2) is 54.6 Å². The van der Waals surface area contributed by atoms with E-state index in [1.54, 1.807) is 26.4 Å². The van der Waals surface area contributed by atoms with Crippen LogP contribution in [0.2, 0.25) is 0 Å². The fraction of sp³-hybridized carbons (Fsp3) is 0.273. The maximum atomic E-state index is 12.3. The number of rotatable bonds is 5. The molecule has 1 amide bonds. The first-order chi connectivity index (χ1) is 14.7. The Morgan fingerprint density at radius 3 is 2.33 bits per heavy atom. The molecule has 0 unspecified atom stereocenters. The number of anilines is 1. The minimum absolute atomic E-state index is 0.250. The summed E-state index contributed by atoms with van der Waals surface area (Å²) < 4.78 is 15.5. The van der Waals surface area contributed by atoms with Crippen LogP contribution in [0.1, 0.15) is 10.5 Å². The highest BCUT2D eigenvalue weighted by Crippen LogP contribution is 2.31. The van der Waals surface area contributed by atoms with Gasteiger partial charge in [0, 0.05) is 24.3 Å². The summed E-state index contributed by atoms with van der Waals surface area (Å²) in [4.78, 5) is 12.3. The van der Waals surface area contributed by atoms with Crippen LogP contribution in [0.25, 0.3) is 11.3 Å². The molecule has 1 fully saturated rings. The summed E-state index contributed by atoms with van der Waals surface area (Å²) in [6, 6.07) is 16.4. The molecule has 2 heterocycles. The Morgan fingerprint density at radius 2 is 1.73 bits per heavy atom. The van der Waals surface area contributed by atoms with E-state index in [0.29, 0.717) is 22.9 Å². The lowest BCUT2D eigenvalue weighted by Crippen LogP contribution is -2.30. The number of H-pyrrole nitrogens is 1. The van der Waals surface area contributed by atoms with Crippen molar-refractivity contribution in [3.8, 4) is 22.8 Å². The highest BCUT2D eigenvalue weighted by atomic mass is 16.5. The molecule has 0 aliphatic carbocycles. The lowest BCUT2D eigenvalue weighted by atomic mass is 10.1. The number of nitrogens with one attached hydrogen (secondary N) is 3. The van der Waals surface area contributed by atoms with E-state index >= 15 is 0 Å². The fourth-order valence-corrected chi connectivity index (χ4v) is 2.82. The van der Waals surface area contributed by atoms with E-state index in [1.165, 1.54) is 0 Å². The van der Waals surface area contributed by atoms with Gasteiger partial charge >= 0.3 is 0 Å². The molecule has 0 bridgehead atoms. The Hall–Kier alpha value is -3.36. The van der Waals surface area contributed by atoms with E-state index in [9.17, 15) is 4.79 Å². The molecule has 8 nitrogen and oxygen atoms in total. The summed E-state index contributed by atoms with van der Waals surface area (Å²) >= 11 is 0. The number of para-hydroxylation sites is 1. The first kappa shape index (κ1) is 21.4. The summed E-state index contributed by atoms with van der Waals surface area (Å²) in [5.41, 5.74) is 2.57. The van der Waals surface area contributed by atoms with Crippen molar-refractivity contribution < 1.29 is 19.0 Å². The number of ether oxygens (including phenoxy) is 3. The number of hydrogen-bond donors (Lipinski definition) is 3. The van der Waals surface area contributed by atoms with Crippen molar-refractivity contribution in [1.82, 2.24) is 15.5 Å². The zero-order chi connectivity index (χ0) is 21.2. The minimum atomic E-state index is -0.250. The van der Waals surface area contributed by atoms with Crippen molar-refractivity contribution >= 4 is 11.6 Å². The predicted octanol–water partition coefficient (Wildman–Crippen LogP) is 2.95. The smallest absolute Gasteiger partial charge is 0.273 e. The van der Waals surface area contributed by atoms with Gasteiger partial charge in [-0.3, -0.25) is 9.89 Å². The normalized spacial score (nSPS) is 13.0. The van der Waals surface area contributed by atoms with E-state index in [2.05, 4.69) is 20.8 Å². The van der Waals surface area contributed by atoms with Gasteiger partial charge in [0.15, 0.2) is 11.5 Å². The lowest BCUT2D eigenvalue weighted by molar-refractivity contribution is 0.102. The average molecular weight is 410 g/mol. The van der Waals surface area contributed by atoms with E-state index in [4.69, 9.17) is 14.2 Å². The zero-order valence-corrected chi connectivity index (χ0v) is 17.1. The third-order valence-electron chi connectivity index (χ3n) is 4.38. The van der Waals surface area contributed by atoms with E-state index < -0.39 is 0 Å². The van der Waals surface area contributed by atoms with Crippen LogP contribution in [-0.4, -0.2) is 56.6 Å². The van der Waals surface area contributed by atoms with Crippen LogP contribution >= 0.6 is 0 Å². The van der Waals surface area contributed by atoms with Gasteiger partial charge in [-0.15, -0.1) is 0 Å². The van der Waals surface area contributed by atoms with Gasteiger partial charge in [0.1, 0.15) is 5.69 Å². The number of hydrogen-bond acceptors (Lipinski definition) is 6. The molecule has 3 aromatic rings. The largest absolute Gasteiger partial charge is 0.493 e. The van der Waals surface area contributed by atoms with Gasteiger partial charge in [-0.1, -0.05) is 18.2 Å². The third kappa shape index (κ3) is 5.82. The molecule has 0 spiro atoms. The lowest BCUT2D eigenvalue weighted by Gasteiger charge is -2.10. The van der Waals surface area contributed by atoms with E-state index in [1.807, 2.05) is 42.5 Å². The van der Waals surface area contributed by atoms with Gasteiger partial charge in [-0.2, -0.15) is 5.10 Å². The van der Waals surface area contributed by atoms with Crippen LogP contribution in [0, 0.1) is 0 Å². The molecular weight excluding hydrogens is 384 g/mol. The van der Waals surface area contributed by atoms with Gasteiger partial charge in [0.2, 0.25) is 0 Å². The third-order valence-corrected chi connectivity index (χ3v) is 4.38. The number of morpholine rings is 1. The summed E-state index contributed by atoms with van der Waals surface area (Å²) in [7, 11) is 3.16. The van der Waals surface area contributed by atoms with Crippen LogP contribution in [-0.2, 0) is 4.74 Å². The van der Waals surface area contributed by atoms with Crippen LogP contribution < -0.4 is 20.1 Å². The van der Waals surface area contributed by atoms with Crippen LogP contribution in [0.4, 0.5) is 5.69 Å². The van der Waals surface area contributed by atoms with Crippen LogP contribution in [0.5, 0.6) is 11.5 Å². The van der Waals surface area contributed by atoms with Gasteiger partial charge in [0.25, 0.3) is 5.91 Å². The number of amides is 1. The molecule has 1 aliphatic rings. The SMILES string of the molecule is C1COCCN1.COc1ccc(-c2cc(C(=O)Nc3ccccc3)[nH]n2)cc1OC. The van der Waals surface area contributed by atoms with Gasteiger partial charge in [-0.05, 0) is 36.4 Å². The molecule has 2 aromatic carbocycles. The highest BCUT2D eigenvalue weighted by Gasteiger charge is 2.13. The van der Waals surface area contributed by atoms with Gasteiger partial charge in [-0.25, -0.2) is 0 Å². The molecule has 1 aliphatic heterocycles. The Balaban J connectivity index is 0.000000367. The summed E-state index contributed by atoms with van der Waals surface area (Å²) in [6.45, 7) is 3.83. The molecule has 0 atom stereocenters. The summed E-state index contributed by atoms with van der Waals surface area (Å²) in [5, 5.41) is 12.9. The number of benzene rings is 2. The van der Waals surface area contributed by atoms with Crippen molar-refractivity contribution in [3.63, 3.8) is 0 Å². The zero-order valence-electron chi connectivity index (χ0n) is 17.1. The van der Waals surface area contributed by atoms with Crippen LogP contribution in [0.3, 0.4) is 0 Å². The number of methoxy groups -OCH3 is 2. The number of carbonyl (C=O) groups is 1. The molecule has 4 rings (SSSR count). The quantitative estimate of drug-likeness (QED) is 0.598. The maximum absolute atomic E-state index is 12.3. The maximum Gasteiger partial charge on any atom is 0.273 e. The Morgan fingerprint density at radius 1 is 1.00 bits per heavy atom. The van der Waals surface area contributed by atoms with Crippen molar-refractivity contribution in [2.45, 2.75) is 0 Å². The first-order valence-electron chi connectivity index (χ1n) is 9.64. The number of carbonyl (C=O) groups excluding carboxylic acids is 1. The van der Waals surface area contributed by atoms with E-state index in [-0.39, 0.29) is 5.91 Å². The molecular formula is C22H26N4O4. The average Bonchev–Trinajstić information content (AvgIpc) is 3.31.